The molecule has 0 aliphatic carbocycles. The fourth-order valence-electron chi connectivity index (χ4n) is 3.02. The van der Waals surface area contributed by atoms with Gasteiger partial charge in [0, 0.05) is 18.1 Å². The standard InChI is InChI=1S/C19H22ClNO4S/c1-13-9-17(24-3)19(10-14(13)2)26(22,23)21-7-8-25-18(12-21)15-5-4-6-16(20)11-15/h4-6,9-11,18H,7-8,12H2,1-3H3. The number of ether oxygens (including phenoxy) is 2. The zero-order chi connectivity index (χ0) is 18.9. The molecule has 2 aromatic carbocycles. The third-order valence-electron chi connectivity index (χ3n) is 4.65. The van der Waals surface area contributed by atoms with Gasteiger partial charge in [0.1, 0.15) is 10.6 Å². The van der Waals surface area contributed by atoms with Crippen LogP contribution in [0.15, 0.2) is 41.3 Å². The molecule has 0 radical (unpaired) electrons. The number of rotatable bonds is 4. The number of hydrogen-bond acceptors (Lipinski definition) is 4. The molecule has 26 heavy (non-hydrogen) atoms. The highest BCUT2D eigenvalue weighted by atomic mass is 35.5. The van der Waals surface area contributed by atoms with E-state index in [0.29, 0.717) is 23.9 Å². The van der Waals surface area contributed by atoms with Crippen LogP contribution >= 0.6 is 11.6 Å². The Labute approximate surface area is 159 Å². The summed E-state index contributed by atoms with van der Waals surface area (Å²) in [5, 5.41) is 0.599. The van der Waals surface area contributed by atoms with Crippen LogP contribution in [0.3, 0.4) is 0 Å². The molecule has 3 rings (SSSR count). The minimum absolute atomic E-state index is 0.190. The number of aryl methyl sites for hydroxylation is 2. The largest absolute Gasteiger partial charge is 0.495 e. The number of morpholine rings is 1. The lowest BCUT2D eigenvalue weighted by Crippen LogP contribution is -2.42. The van der Waals surface area contributed by atoms with Gasteiger partial charge in [0.15, 0.2) is 0 Å². The van der Waals surface area contributed by atoms with Crippen LogP contribution in [0, 0.1) is 13.8 Å². The smallest absolute Gasteiger partial charge is 0.246 e. The highest BCUT2D eigenvalue weighted by Gasteiger charge is 2.33. The van der Waals surface area contributed by atoms with Crippen molar-refractivity contribution in [3.05, 3.63) is 58.1 Å². The molecule has 5 nitrogen and oxygen atoms in total. The van der Waals surface area contributed by atoms with E-state index < -0.39 is 10.0 Å². The summed E-state index contributed by atoms with van der Waals surface area (Å²) in [7, 11) is -2.22. The molecule has 0 aromatic heterocycles. The Hall–Kier alpha value is -1.60. The van der Waals surface area contributed by atoms with E-state index in [2.05, 4.69) is 0 Å². The summed E-state index contributed by atoms with van der Waals surface area (Å²) >= 11 is 6.05. The number of nitrogens with zero attached hydrogens (tertiary/aromatic N) is 1. The van der Waals surface area contributed by atoms with E-state index in [1.807, 2.05) is 26.0 Å². The molecule has 140 valence electrons. The highest BCUT2D eigenvalue weighted by Crippen LogP contribution is 2.33. The number of halogens is 1. The monoisotopic (exact) mass is 395 g/mol. The van der Waals surface area contributed by atoms with Gasteiger partial charge in [-0.05, 0) is 54.8 Å². The van der Waals surface area contributed by atoms with Crippen molar-refractivity contribution in [1.82, 2.24) is 4.31 Å². The van der Waals surface area contributed by atoms with Crippen molar-refractivity contribution in [3.8, 4) is 5.75 Å². The van der Waals surface area contributed by atoms with Crippen LogP contribution in [0.1, 0.15) is 22.8 Å². The minimum Gasteiger partial charge on any atom is -0.495 e. The fraction of sp³-hybridized carbons (Fsp3) is 0.368. The molecular weight excluding hydrogens is 374 g/mol. The fourth-order valence-corrected chi connectivity index (χ4v) is 4.86. The van der Waals surface area contributed by atoms with Crippen molar-refractivity contribution in [2.45, 2.75) is 24.8 Å². The lowest BCUT2D eigenvalue weighted by molar-refractivity contribution is -0.00258. The topological polar surface area (TPSA) is 55.8 Å². The second kappa shape index (κ2) is 7.56. The van der Waals surface area contributed by atoms with E-state index in [1.165, 1.54) is 11.4 Å². The van der Waals surface area contributed by atoms with Crippen LogP contribution in [0.25, 0.3) is 0 Å². The van der Waals surface area contributed by atoms with Gasteiger partial charge in [-0.15, -0.1) is 0 Å². The van der Waals surface area contributed by atoms with Gasteiger partial charge in [0.2, 0.25) is 10.0 Å². The molecule has 1 fully saturated rings. The minimum atomic E-state index is -3.70. The van der Waals surface area contributed by atoms with Crippen molar-refractivity contribution >= 4 is 21.6 Å². The number of hydrogen-bond donors (Lipinski definition) is 0. The number of sulfonamides is 1. The summed E-state index contributed by atoms with van der Waals surface area (Å²) in [6, 6.07) is 10.7. The summed E-state index contributed by atoms with van der Waals surface area (Å²) in [6.45, 7) is 4.68. The van der Waals surface area contributed by atoms with Gasteiger partial charge in [-0.3, -0.25) is 0 Å². The van der Waals surface area contributed by atoms with Crippen LogP contribution in [0.5, 0.6) is 5.75 Å². The first-order valence-electron chi connectivity index (χ1n) is 8.35. The van der Waals surface area contributed by atoms with Gasteiger partial charge in [-0.2, -0.15) is 4.31 Å². The van der Waals surface area contributed by atoms with Gasteiger partial charge < -0.3 is 9.47 Å². The van der Waals surface area contributed by atoms with E-state index >= 15 is 0 Å². The summed E-state index contributed by atoms with van der Waals surface area (Å²) in [5.41, 5.74) is 2.76. The average Bonchev–Trinajstić information content (AvgIpc) is 2.63. The zero-order valence-corrected chi connectivity index (χ0v) is 16.6. The maximum atomic E-state index is 13.2. The Kier molecular flexibility index (Phi) is 5.58. The molecule has 1 heterocycles. The molecular formula is C19H22ClNO4S. The van der Waals surface area contributed by atoms with Crippen LogP contribution in [0.2, 0.25) is 5.02 Å². The maximum absolute atomic E-state index is 13.2. The van der Waals surface area contributed by atoms with Crippen molar-refractivity contribution in [2.24, 2.45) is 0 Å². The van der Waals surface area contributed by atoms with E-state index in [0.717, 1.165) is 16.7 Å². The van der Waals surface area contributed by atoms with E-state index in [9.17, 15) is 8.42 Å². The Morgan fingerprint density at radius 3 is 2.62 bits per heavy atom. The van der Waals surface area contributed by atoms with E-state index in [-0.39, 0.29) is 17.5 Å². The van der Waals surface area contributed by atoms with Crippen LogP contribution < -0.4 is 4.74 Å². The first-order chi connectivity index (χ1) is 12.3. The summed E-state index contributed by atoms with van der Waals surface area (Å²) in [4.78, 5) is 0.190. The summed E-state index contributed by atoms with van der Waals surface area (Å²) in [6.07, 6.45) is -0.352. The molecule has 1 atom stereocenters. The third kappa shape index (κ3) is 3.74. The van der Waals surface area contributed by atoms with E-state index in [1.54, 1.807) is 24.3 Å². The number of benzene rings is 2. The predicted octanol–water partition coefficient (Wildman–Crippen LogP) is 3.73. The van der Waals surface area contributed by atoms with E-state index in [4.69, 9.17) is 21.1 Å². The molecule has 7 heteroatoms. The molecule has 1 unspecified atom stereocenters. The Bertz CT molecular complexity index is 914. The van der Waals surface area contributed by atoms with Crippen molar-refractivity contribution in [2.75, 3.05) is 26.8 Å². The van der Waals surface area contributed by atoms with Crippen LogP contribution in [0.4, 0.5) is 0 Å². The molecule has 0 spiro atoms. The van der Waals surface area contributed by atoms with Gasteiger partial charge in [0.25, 0.3) is 0 Å². The first-order valence-corrected chi connectivity index (χ1v) is 10.2. The number of methoxy groups -OCH3 is 1. The molecule has 1 saturated heterocycles. The molecule has 1 aliphatic heterocycles. The second-order valence-corrected chi connectivity index (χ2v) is 8.71. The quantitative estimate of drug-likeness (QED) is 0.791. The normalized spacial score (nSPS) is 18.7. The van der Waals surface area contributed by atoms with Crippen molar-refractivity contribution in [1.29, 1.82) is 0 Å². The molecule has 2 aromatic rings. The average molecular weight is 396 g/mol. The SMILES string of the molecule is COc1cc(C)c(C)cc1S(=O)(=O)N1CCOC(c2cccc(Cl)c2)C1. The maximum Gasteiger partial charge on any atom is 0.246 e. The van der Waals surface area contributed by atoms with Gasteiger partial charge >= 0.3 is 0 Å². The lowest BCUT2D eigenvalue weighted by atomic mass is 10.1. The van der Waals surface area contributed by atoms with Gasteiger partial charge in [0.05, 0.1) is 19.8 Å². The Morgan fingerprint density at radius 1 is 1.19 bits per heavy atom. The molecule has 0 amide bonds. The third-order valence-corrected chi connectivity index (χ3v) is 6.77. The zero-order valence-electron chi connectivity index (χ0n) is 15.0. The Balaban J connectivity index is 1.94. The van der Waals surface area contributed by atoms with Crippen LogP contribution in [-0.2, 0) is 14.8 Å². The van der Waals surface area contributed by atoms with Gasteiger partial charge in [-0.25, -0.2) is 8.42 Å². The highest BCUT2D eigenvalue weighted by molar-refractivity contribution is 7.89. The molecule has 1 aliphatic rings. The second-order valence-electron chi connectivity index (χ2n) is 6.36. The van der Waals surface area contributed by atoms with Gasteiger partial charge in [-0.1, -0.05) is 23.7 Å². The summed E-state index contributed by atoms with van der Waals surface area (Å²) in [5.74, 6) is 0.360. The lowest BCUT2D eigenvalue weighted by Gasteiger charge is -2.32. The van der Waals surface area contributed by atoms with Crippen LogP contribution in [-0.4, -0.2) is 39.5 Å². The van der Waals surface area contributed by atoms with Crippen molar-refractivity contribution < 1.29 is 17.9 Å². The molecule has 0 N–H and O–H groups in total. The molecule has 0 bridgehead atoms. The first kappa shape index (κ1) is 19.2. The summed E-state index contributed by atoms with van der Waals surface area (Å²) < 4.78 is 39.0. The predicted molar refractivity (Wildman–Crippen MR) is 101 cm³/mol. The van der Waals surface area contributed by atoms with Crippen molar-refractivity contribution in [3.63, 3.8) is 0 Å². The molecule has 0 saturated carbocycles. The Morgan fingerprint density at radius 2 is 1.92 bits per heavy atom.